The van der Waals surface area contributed by atoms with Crippen molar-refractivity contribution in [3.63, 3.8) is 0 Å². The predicted octanol–water partition coefficient (Wildman–Crippen LogP) is 2.12. The third-order valence-electron chi connectivity index (χ3n) is 5.94. The third kappa shape index (κ3) is 5.05. The lowest BCUT2D eigenvalue weighted by molar-refractivity contribution is -0.133. The molecule has 0 bridgehead atoms. The second-order valence-corrected chi connectivity index (χ2v) is 7.93. The summed E-state index contributed by atoms with van der Waals surface area (Å²) in [5.41, 5.74) is 2.69. The average molecular weight is 427 g/mol. The van der Waals surface area contributed by atoms with Crippen molar-refractivity contribution in [2.75, 3.05) is 27.3 Å². The lowest BCUT2D eigenvalue weighted by Gasteiger charge is -2.29. The number of nitrogens with zero attached hydrogens (tertiary/aromatic N) is 1. The fourth-order valence-electron chi connectivity index (χ4n) is 3.96. The van der Waals surface area contributed by atoms with Crippen molar-refractivity contribution in [2.45, 2.75) is 45.1 Å². The Bertz CT molecular complexity index is 920. The third-order valence-corrected chi connectivity index (χ3v) is 5.94. The molecule has 1 aromatic carbocycles. The van der Waals surface area contributed by atoms with Gasteiger partial charge in [-0.3, -0.25) is 14.4 Å². The molecule has 0 atom stereocenters. The number of hydrogen-bond donors (Lipinski definition) is 1. The Morgan fingerprint density at radius 1 is 1.00 bits per heavy atom. The van der Waals surface area contributed by atoms with Gasteiger partial charge in [-0.1, -0.05) is 24.3 Å². The van der Waals surface area contributed by atoms with E-state index in [4.69, 9.17) is 9.47 Å². The molecule has 166 valence electrons. The molecule has 1 amide bonds. The summed E-state index contributed by atoms with van der Waals surface area (Å²) in [5.74, 6) is -0.687. The van der Waals surface area contributed by atoms with Gasteiger partial charge in [-0.2, -0.15) is 0 Å². The van der Waals surface area contributed by atoms with Gasteiger partial charge in [-0.05, 0) is 37.3 Å². The molecule has 1 heterocycles. The zero-order valence-electron chi connectivity index (χ0n) is 18.3. The number of piperidine rings is 1. The molecular formula is C24H29NO6. The van der Waals surface area contributed by atoms with Crippen molar-refractivity contribution in [3.8, 4) is 0 Å². The van der Waals surface area contributed by atoms with Gasteiger partial charge in [-0.25, -0.2) is 0 Å². The maximum absolute atomic E-state index is 12.8. The summed E-state index contributed by atoms with van der Waals surface area (Å²) in [6.45, 7) is 2.85. The highest BCUT2D eigenvalue weighted by Crippen LogP contribution is 2.28. The second kappa shape index (κ2) is 9.92. The molecule has 1 saturated heterocycles. The summed E-state index contributed by atoms with van der Waals surface area (Å²) >= 11 is 0. The van der Waals surface area contributed by atoms with Crippen LogP contribution in [0, 0.1) is 0 Å². The van der Waals surface area contributed by atoms with E-state index in [0.29, 0.717) is 56.3 Å². The van der Waals surface area contributed by atoms with Crippen LogP contribution in [0.15, 0.2) is 46.9 Å². The van der Waals surface area contributed by atoms with Gasteiger partial charge < -0.3 is 19.5 Å². The molecule has 2 aliphatic rings. The Morgan fingerprint density at radius 2 is 1.55 bits per heavy atom. The number of amides is 1. The first kappa shape index (κ1) is 22.7. The van der Waals surface area contributed by atoms with Crippen LogP contribution in [-0.4, -0.2) is 60.9 Å². The number of Topliss-reactive ketones (excluding diaryl/α,β-unsaturated/α-hetero) is 2. The number of carbonyl (C=O) groups excluding carboxylic acids is 3. The van der Waals surface area contributed by atoms with Crippen LogP contribution in [0.2, 0.25) is 0 Å². The van der Waals surface area contributed by atoms with Crippen LogP contribution in [0.4, 0.5) is 0 Å². The average Bonchev–Trinajstić information content (AvgIpc) is 2.78. The van der Waals surface area contributed by atoms with Gasteiger partial charge >= 0.3 is 0 Å². The molecule has 1 N–H and O–H groups in total. The molecule has 0 radical (unpaired) electrons. The maximum atomic E-state index is 12.8. The van der Waals surface area contributed by atoms with Crippen molar-refractivity contribution in [1.82, 2.24) is 4.90 Å². The van der Waals surface area contributed by atoms with Gasteiger partial charge in [0.05, 0.1) is 20.3 Å². The number of methoxy groups -OCH3 is 2. The summed E-state index contributed by atoms with van der Waals surface area (Å²) in [7, 11) is 2.69. The normalized spacial score (nSPS) is 18.0. The summed E-state index contributed by atoms with van der Waals surface area (Å²) < 4.78 is 10.2. The zero-order valence-corrected chi connectivity index (χ0v) is 18.3. The fourth-order valence-corrected chi connectivity index (χ4v) is 3.96. The van der Waals surface area contributed by atoms with E-state index >= 15 is 0 Å². The topological polar surface area (TPSA) is 93.1 Å². The first-order chi connectivity index (χ1) is 14.8. The SMILES string of the molecule is COC1=C(OC)C(=O)C(Cc2ccc(CCC(=O)N3CCC(O)CC3)cc2)=C(C)C1=O. The Morgan fingerprint density at radius 3 is 2.13 bits per heavy atom. The molecule has 0 saturated carbocycles. The van der Waals surface area contributed by atoms with Gasteiger partial charge in [0, 0.05) is 37.1 Å². The van der Waals surface area contributed by atoms with Crippen molar-refractivity contribution in [1.29, 1.82) is 0 Å². The van der Waals surface area contributed by atoms with Crippen molar-refractivity contribution in [3.05, 3.63) is 58.1 Å². The highest BCUT2D eigenvalue weighted by atomic mass is 16.5. The number of likely N-dealkylation sites (tertiary alicyclic amines) is 1. The fraction of sp³-hybridized carbons (Fsp3) is 0.458. The van der Waals surface area contributed by atoms with Gasteiger partial charge in [0.2, 0.25) is 29.0 Å². The van der Waals surface area contributed by atoms with E-state index in [-0.39, 0.29) is 35.1 Å². The number of benzene rings is 1. The standard InChI is InChI=1S/C24H29NO6/c1-15-19(22(29)24(31-3)23(30-2)21(15)28)14-17-6-4-16(5-7-17)8-9-20(27)25-12-10-18(26)11-13-25/h4-7,18,26H,8-14H2,1-3H3. The quantitative estimate of drug-likeness (QED) is 0.670. The van der Waals surface area contributed by atoms with E-state index in [1.54, 1.807) is 6.92 Å². The Labute approximate surface area is 182 Å². The number of ether oxygens (including phenoxy) is 2. The molecule has 0 unspecified atom stereocenters. The maximum Gasteiger partial charge on any atom is 0.228 e. The van der Waals surface area contributed by atoms with Crippen LogP contribution in [0.3, 0.4) is 0 Å². The number of aliphatic hydroxyl groups is 1. The molecule has 7 heteroatoms. The van der Waals surface area contributed by atoms with Gasteiger partial charge in [0.25, 0.3) is 0 Å². The largest absolute Gasteiger partial charge is 0.489 e. The monoisotopic (exact) mass is 427 g/mol. The van der Waals surface area contributed by atoms with Crippen LogP contribution in [0.5, 0.6) is 0 Å². The lowest BCUT2D eigenvalue weighted by Crippen LogP contribution is -2.40. The predicted molar refractivity (Wildman–Crippen MR) is 114 cm³/mol. The van der Waals surface area contributed by atoms with Gasteiger partial charge in [-0.15, -0.1) is 0 Å². The van der Waals surface area contributed by atoms with E-state index in [1.165, 1.54) is 14.2 Å². The molecular weight excluding hydrogens is 398 g/mol. The number of ketones is 2. The molecule has 1 aliphatic carbocycles. The Kier molecular flexibility index (Phi) is 7.28. The van der Waals surface area contributed by atoms with Crippen molar-refractivity contribution < 1.29 is 29.0 Å². The minimum absolute atomic E-state index is 0.0584. The number of aryl methyl sites for hydroxylation is 1. The van der Waals surface area contributed by atoms with Crippen LogP contribution < -0.4 is 0 Å². The smallest absolute Gasteiger partial charge is 0.228 e. The van der Waals surface area contributed by atoms with Crippen LogP contribution >= 0.6 is 0 Å². The van der Waals surface area contributed by atoms with Crippen LogP contribution in [0.1, 0.15) is 37.3 Å². The molecule has 0 spiro atoms. The van der Waals surface area contributed by atoms with Crippen molar-refractivity contribution in [2.24, 2.45) is 0 Å². The number of allylic oxidation sites excluding steroid dienone is 2. The molecule has 3 rings (SSSR count). The number of rotatable bonds is 7. The molecule has 0 aromatic heterocycles. The Balaban J connectivity index is 1.62. The first-order valence-corrected chi connectivity index (χ1v) is 10.5. The molecule has 1 aliphatic heterocycles. The van der Waals surface area contributed by atoms with E-state index in [0.717, 1.165) is 11.1 Å². The van der Waals surface area contributed by atoms with E-state index in [2.05, 4.69) is 0 Å². The van der Waals surface area contributed by atoms with Gasteiger partial charge in [0.1, 0.15) is 0 Å². The number of carbonyl (C=O) groups is 3. The first-order valence-electron chi connectivity index (χ1n) is 10.5. The van der Waals surface area contributed by atoms with Gasteiger partial charge in [0.15, 0.2) is 0 Å². The van der Waals surface area contributed by atoms with E-state index < -0.39 is 0 Å². The summed E-state index contributed by atoms with van der Waals surface area (Å²) in [5, 5.41) is 9.57. The molecule has 1 aromatic rings. The lowest BCUT2D eigenvalue weighted by atomic mass is 9.88. The molecule has 7 nitrogen and oxygen atoms in total. The minimum Gasteiger partial charge on any atom is -0.489 e. The molecule has 31 heavy (non-hydrogen) atoms. The summed E-state index contributed by atoms with van der Waals surface area (Å²) in [4.78, 5) is 39.5. The number of hydrogen-bond acceptors (Lipinski definition) is 6. The zero-order chi connectivity index (χ0) is 22.5. The minimum atomic E-state index is -0.339. The summed E-state index contributed by atoms with van der Waals surface area (Å²) in [6, 6.07) is 7.72. The molecule has 1 fully saturated rings. The van der Waals surface area contributed by atoms with E-state index in [1.807, 2.05) is 29.2 Å². The highest BCUT2D eigenvalue weighted by Gasteiger charge is 2.34. The van der Waals surface area contributed by atoms with E-state index in [9.17, 15) is 19.5 Å². The second-order valence-electron chi connectivity index (χ2n) is 7.93. The Hall–Kier alpha value is -2.93. The summed E-state index contributed by atoms with van der Waals surface area (Å²) in [6.07, 6.45) is 2.36. The van der Waals surface area contributed by atoms with Crippen LogP contribution in [0.25, 0.3) is 0 Å². The van der Waals surface area contributed by atoms with Crippen LogP contribution in [-0.2, 0) is 36.7 Å². The van der Waals surface area contributed by atoms with Crippen molar-refractivity contribution >= 4 is 17.5 Å². The number of aliphatic hydroxyl groups excluding tert-OH is 1. The highest BCUT2D eigenvalue weighted by molar-refractivity contribution is 6.23.